The number of methoxy groups -OCH3 is 1. The summed E-state index contributed by atoms with van der Waals surface area (Å²) in [5, 5.41) is 0. The number of amides is 1. The number of anilines is 2. The largest absolute Gasteiger partial charge is 0.465 e. The van der Waals surface area contributed by atoms with Crippen LogP contribution in [0.3, 0.4) is 0 Å². The quantitative estimate of drug-likeness (QED) is 0.719. The molecule has 0 heterocycles. The maximum Gasteiger partial charge on any atom is 0.340 e. The number of esters is 1. The summed E-state index contributed by atoms with van der Waals surface area (Å²) in [6.45, 7) is -0.446. The summed E-state index contributed by atoms with van der Waals surface area (Å²) in [6.07, 6.45) is 0.983. The predicted octanol–water partition coefficient (Wildman–Crippen LogP) is 1.90. The van der Waals surface area contributed by atoms with Crippen molar-refractivity contribution in [3.63, 3.8) is 0 Å². The number of ether oxygens (including phenoxy) is 1. The first-order valence-electron chi connectivity index (χ1n) is 7.72. The molecule has 26 heavy (non-hydrogen) atoms. The van der Waals surface area contributed by atoms with Gasteiger partial charge in [-0.1, -0.05) is 30.3 Å². The lowest BCUT2D eigenvalue weighted by Gasteiger charge is -2.26. The van der Waals surface area contributed by atoms with E-state index in [-0.39, 0.29) is 11.3 Å². The molecule has 0 spiro atoms. The number of sulfonamides is 1. The molecule has 0 bridgehead atoms. The molecule has 0 aliphatic carbocycles. The van der Waals surface area contributed by atoms with Crippen LogP contribution in [0.2, 0.25) is 0 Å². The molecule has 2 aromatic carbocycles. The van der Waals surface area contributed by atoms with E-state index in [9.17, 15) is 18.0 Å². The Balaban J connectivity index is 2.39. The van der Waals surface area contributed by atoms with Gasteiger partial charge in [0.05, 0.1) is 24.6 Å². The zero-order valence-electron chi connectivity index (χ0n) is 14.7. The van der Waals surface area contributed by atoms with Gasteiger partial charge >= 0.3 is 5.97 Å². The number of para-hydroxylation sites is 2. The molecule has 7 nitrogen and oxygen atoms in total. The summed E-state index contributed by atoms with van der Waals surface area (Å²) in [6, 6.07) is 14.9. The molecule has 0 aromatic heterocycles. The second-order valence-electron chi connectivity index (χ2n) is 5.57. The van der Waals surface area contributed by atoms with Crippen LogP contribution < -0.4 is 9.21 Å². The van der Waals surface area contributed by atoms with Crippen molar-refractivity contribution in [1.82, 2.24) is 0 Å². The summed E-state index contributed by atoms with van der Waals surface area (Å²) in [5.74, 6) is -1.13. The van der Waals surface area contributed by atoms with Crippen molar-refractivity contribution in [3.05, 3.63) is 60.2 Å². The van der Waals surface area contributed by atoms with Crippen molar-refractivity contribution in [2.45, 2.75) is 0 Å². The van der Waals surface area contributed by atoms with Crippen molar-refractivity contribution >= 4 is 33.3 Å². The van der Waals surface area contributed by atoms with Gasteiger partial charge in [-0.25, -0.2) is 13.2 Å². The first-order chi connectivity index (χ1) is 12.3. The average molecular weight is 376 g/mol. The topological polar surface area (TPSA) is 84.0 Å². The van der Waals surface area contributed by atoms with Gasteiger partial charge in [0.15, 0.2) is 0 Å². The molecule has 0 fully saturated rings. The van der Waals surface area contributed by atoms with Gasteiger partial charge < -0.3 is 9.64 Å². The number of carbonyl (C=O) groups excluding carboxylic acids is 2. The van der Waals surface area contributed by atoms with Crippen molar-refractivity contribution < 1.29 is 22.7 Å². The predicted molar refractivity (Wildman–Crippen MR) is 99.8 cm³/mol. The number of hydrogen-bond donors (Lipinski definition) is 0. The third-order valence-corrected chi connectivity index (χ3v) is 4.90. The maximum atomic E-state index is 12.6. The molecular formula is C18H20N2O5S. The summed E-state index contributed by atoms with van der Waals surface area (Å²) < 4.78 is 30.2. The van der Waals surface area contributed by atoms with E-state index in [0.29, 0.717) is 5.69 Å². The highest BCUT2D eigenvalue weighted by Crippen LogP contribution is 2.24. The van der Waals surface area contributed by atoms with E-state index in [4.69, 9.17) is 4.74 Å². The molecule has 1 amide bonds. The van der Waals surface area contributed by atoms with Crippen LogP contribution in [0.4, 0.5) is 11.4 Å². The molecular weight excluding hydrogens is 356 g/mol. The monoisotopic (exact) mass is 376 g/mol. The number of nitrogens with zero attached hydrogens (tertiary/aromatic N) is 2. The number of carbonyl (C=O) groups is 2. The Bertz CT molecular complexity index is 897. The number of rotatable bonds is 6. The third-order valence-electron chi connectivity index (χ3n) is 3.77. The lowest BCUT2D eigenvalue weighted by atomic mass is 10.2. The van der Waals surface area contributed by atoms with Crippen molar-refractivity contribution in [3.8, 4) is 0 Å². The number of likely N-dealkylation sites (N-methyl/N-ethyl adjacent to an activating group) is 1. The highest BCUT2D eigenvalue weighted by molar-refractivity contribution is 7.92. The van der Waals surface area contributed by atoms with Crippen molar-refractivity contribution in [2.75, 3.05) is 36.2 Å². The van der Waals surface area contributed by atoms with Crippen molar-refractivity contribution in [2.24, 2.45) is 0 Å². The minimum Gasteiger partial charge on any atom is -0.465 e. The Labute approximate surface area is 152 Å². The summed E-state index contributed by atoms with van der Waals surface area (Å²) in [4.78, 5) is 26.0. The maximum absolute atomic E-state index is 12.6. The zero-order chi connectivity index (χ0) is 19.3. The van der Waals surface area contributed by atoms with Crippen LogP contribution in [0.15, 0.2) is 54.6 Å². The Morgan fingerprint density at radius 3 is 2.15 bits per heavy atom. The first-order valence-corrected chi connectivity index (χ1v) is 9.57. The van der Waals surface area contributed by atoms with E-state index in [1.807, 2.05) is 6.07 Å². The minimum absolute atomic E-state index is 0.0654. The van der Waals surface area contributed by atoms with Gasteiger partial charge in [-0.2, -0.15) is 0 Å². The summed E-state index contributed by atoms with van der Waals surface area (Å²) >= 11 is 0. The van der Waals surface area contributed by atoms with Crippen LogP contribution in [-0.4, -0.2) is 47.3 Å². The minimum atomic E-state index is -3.81. The lowest BCUT2D eigenvalue weighted by Crippen LogP contribution is -2.42. The van der Waals surface area contributed by atoms with Gasteiger partial charge in [-0.3, -0.25) is 9.10 Å². The van der Waals surface area contributed by atoms with Gasteiger partial charge in [0.2, 0.25) is 15.9 Å². The number of benzene rings is 2. The zero-order valence-corrected chi connectivity index (χ0v) is 15.6. The average Bonchev–Trinajstić information content (AvgIpc) is 2.64. The molecule has 0 N–H and O–H groups in total. The molecule has 2 rings (SSSR count). The van der Waals surface area contributed by atoms with Gasteiger partial charge in [-0.05, 0) is 24.3 Å². The van der Waals surface area contributed by atoms with E-state index in [1.165, 1.54) is 24.1 Å². The Hall–Kier alpha value is -2.87. The molecule has 8 heteroatoms. The van der Waals surface area contributed by atoms with Crippen LogP contribution >= 0.6 is 0 Å². The molecule has 0 saturated carbocycles. The van der Waals surface area contributed by atoms with E-state index < -0.39 is 28.4 Å². The Morgan fingerprint density at radius 1 is 1.00 bits per heavy atom. The second kappa shape index (κ2) is 8.01. The van der Waals surface area contributed by atoms with Crippen LogP contribution in [0.5, 0.6) is 0 Å². The first kappa shape index (κ1) is 19.5. The Kier molecular flexibility index (Phi) is 5.99. The fraction of sp³-hybridized carbons (Fsp3) is 0.222. The lowest BCUT2D eigenvalue weighted by molar-refractivity contribution is -0.116. The fourth-order valence-electron chi connectivity index (χ4n) is 2.38. The van der Waals surface area contributed by atoms with Crippen LogP contribution in [0.1, 0.15) is 10.4 Å². The fourth-order valence-corrected chi connectivity index (χ4v) is 3.24. The molecule has 0 aliphatic heterocycles. The molecule has 138 valence electrons. The highest BCUT2D eigenvalue weighted by Gasteiger charge is 2.27. The normalized spacial score (nSPS) is 10.9. The van der Waals surface area contributed by atoms with E-state index in [2.05, 4.69) is 0 Å². The summed E-state index contributed by atoms with van der Waals surface area (Å²) in [7, 11) is -1.05. The van der Waals surface area contributed by atoms with Gasteiger partial charge in [0, 0.05) is 12.7 Å². The molecule has 0 unspecified atom stereocenters. The van der Waals surface area contributed by atoms with Crippen LogP contribution in [0, 0.1) is 0 Å². The van der Waals surface area contributed by atoms with E-state index in [0.717, 1.165) is 10.6 Å². The highest BCUT2D eigenvalue weighted by atomic mass is 32.2. The second-order valence-corrected chi connectivity index (χ2v) is 7.47. The molecule has 0 saturated heterocycles. The summed E-state index contributed by atoms with van der Waals surface area (Å²) in [5.41, 5.74) is 0.791. The van der Waals surface area contributed by atoms with E-state index in [1.54, 1.807) is 43.4 Å². The van der Waals surface area contributed by atoms with Gasteiger partial charge in [-0.15, -0.1) is 0 Å². The van der Waals surface area contributed by atoms with Gasteiger partial charge in [0.1, 0.15) is 6.54 Å². The van der Waals surface area contributed by atoms with Crippen molar-refractivity contribution in [1.29, 1.82) is 0 Å². The molecule has 0 atom stereocenters. The SMILES string of the molecule is COC(=O)c1ccccc1N(CC(=O)N(C)c1ccccc1)S(C)(=O)=O. The van der Waals surface area contributed by atoms with Crippen LogP contribution in [-0.2, 0) is 19.6 Å². The Morgan fingerprint density at radius 2 is 1.58 bits per heavy atom. The van der Waals surface area contributed by atoms with E-state index >= 15 is 0 Å². The smallest absolute Gasteiger partial charge is 0.340 e. The molecule has 2 aromatic rings. The standard InChI is InChI=1S/C18H20N2O5S/c1-19(14-9-5-4-6-10-14)17(21)13-20(26(3,23)24)16-12-8-7-11-15(16)18(22)25-2/h4-12H,13H2,1-3H3. The number of hydrogen-bond acceptors (Lipinski definition) is 5. The van der Waals surface area contributed by atoms with Crippen LogP contribution in [0.25, 0.3) is 0 Å². The third kappa shape index (κ3) is 4.40. The van der Waals surface area contributed by atoms with Gasteiger partial charge in [0.25, 0.3) is 0 Å². The molecule has 0 radical (unpaired) electrons. The molecule has 0 aliphatic rings.